The maximum atomic E-state index is 14.8. The van der Waals surface area contributed by atoms with Crippen LogP contribution < -0.4 is 19.6 Å². The molecule has 2 aromatic heterocycles. The topological polar surface area (TPSA) is 159 Å². The van der Waals surface area contributed by atoms with Crippen LogP contribution in [0.1, 0.15) is 28.8 Å². The predicted molar refractivity (Wildman–Crippen MR) is 189 cm³/mol. The lowest BCUT2D eigenvalue weighted by Gasteiger charge is -2.35. The van der Waals surface area contributed by atoms with Crippen molar-refractivity contribution < 1.29 is 42.4 Å². The van der Waals surface area contributed by atoms with Crippen molar-refractivity contribution >= 4 is 46.4 Å². The summed E-state index contributed by atoms with van der Waals surface area (Å²) < 4.78 is 51.5. The molecule has 1 aromatic carbocycles. The first-order chi connectivity index (χ1) is 25.1. The summed E-state index contributed by atoms with van der Waals surface area (Å²) in [6.07, 6.45) is 1.62. The number of carboxylic acid groups (broad SMARTS) is 1. The average molecular weight is 732 g/mol. The minimum atomic E-state index is -1.70. The van der Waals surface area contributed by atoms with E-state index < -0.39 is 23.2 Å². The summed E-state index contributed by atoms with van der Waals surface area (Å²) in [4.78, 5) is 54.0. The predicted octanol–water partition coefficient (Wildman–Crippen LogP) is 2.04. The van der Waals surface area contributed by atoms with Crippen molar-refractivity contribution in [3.05, 3.63) is 34.9 Å². The van der Waals surface area contributed by atoms with Crippen LogP contribution >= 0.6 is 0 Å². The third kappa shape index (κ3) is 8.91. The normalized spacial score (nSPS) is 15.5. The molecule has 18 heteroatoms. The van der Waals surface area contributed by atoms with Crippen molar-refractivity contribution in [1.29, 1.82) is 0 Å². The second kappa shape index (κ2) is 17.8. The van der Waals surface area contributed by atoms with Gasteiger partial charge in [0.15, 0.2) is 11.6 Å². The number of carbonyl (C=O) groups excluding carboxylic acids is 1. The van der Waals surface area contributed by atoms with Crippen LogP contribution in [0.5, 0.6) is 0 Å². The van der Waals surface area contributed by atoms with Crippen LogP contribution in [0.3, 0.4) is 0 Å². The molecule has 1 N–H and O–H groups in total. The van der Waals surface area contributed by atoms with Gasteiger partial charge >= 0.3 is 5.97 Å². The Morgan fingerprint density at radius 2 is 1.33 bits per heavy atom. The fraction of sp³-hybridized carbons (Fsp3) is 0.588. The SMILES string of the molecule is COCCN(Cc1cc(F)c(C(=O)O)c(F)c1)c1nc(N2CCN(C)C(=O)C2)c2nc(N(CCOC)CCOC)nc(N3CCC(OC)CC3)c2n1. The molecule has 0 unspecified atom stereocenters. The molecule has 1 amide bonds. The van der Waals surface area contributed by atoms with E-state index in [4.69, 9.17) is 38.9 Å². The van der Waals surface area contributed by atoms with Gasteiger partial charge in [-0.3, -0.25) is 4.79 Å². The first kappa shape index (κ1) is 38.7. The van der Waals surface area contributed by atoms with Crippen molar-refractivity contribution in [3.8, 4) is 0 Å². The van der Waals surface area contributed by atoms with Gasteiger partial charge in [-0.05, 0) is 30.5 Å². The molecule has 4 heterocycles. The molecule has 3 aromatic rings. The number of halogens is 2. The van der Waals surface area contributed by atoms with Gasteiger partial charge in [0.25, 0.3) is 0 Å². The van der Waals surface area contributed by atoms with E-state index in [0.29, 0.717) is 81.1 Å². The van der Waals surface area contributed by atoms with Gasteiger partial charge in [-0.15, -0.1) is 0 Å². The van der Waals surface area contributed by atoms with Crippen molar-refractivity contribution in [2.45, 2.75) is 25.5 Å². The van der Waals surface area contributed by atoms with E-state index in [0.717, 1.165) is 25.0 Å². The fourth-order valence-electron chi connectivity index (χ4n) is 6.24. The van der Waals surface area contributed by atoms with Gasteiger partial charge in [0.05, 0.1) is 32.5 Å². The monoisotopic (exact) mass is 731 g/mol. The Bertz CT molecular complexity index is 1680. The summed E-state index contributed by atoms with van der Waals surface area (Å²) in [7, 11) is 8.22. The average Bonchev–Trinajstić information content (AvgIpc) is 3.13. The molecule has 2 aliphatic heterocycles. The number of amides is 1. The second-order valence-corrected chi connectivity index (χ2v) is 12.7. The Balaban J connectivity index is 1.72. The molecule has 284 valence electrons. The number of likely N-dealkylation sites (N-methyl/N-ethyl adjacent to an activating group) is 1. The van der Waals surface area contributed by atoms with E-state index in [1.165, 1.54) is 7.11 Å². The number of benzene rings is 1. The van der Waals surface area contributed by atoms with E-state index in [1.807, 2.05) is 9.80 Å². The quantitative estimate of drug-likeness (QED) is 0.215. The third-order valence-electron chi connectivity index (χ3n) is 9.27. The standard InChI is InChI=1S/C34H47F2N9O7/c1-41-10-11-44(21-26(41)46)31-29-28(38-34(40-31)45(14-17-51-4)20-22-18-24(35)27(32(47)48)25(36)19-22)30(42-8-6-23(52-5)7-9-42)39-33(37-29)43(12-15-49-2)13-16-50-3/h18-19,23H,6-17,20-21H2,1-5H3,(H,47,48). The lowest BCUT2D eigenvalue weighted by Crippen LogP contribution is -2.49. The number of aromatic carboxylic acids is 1. The molecule has 2 aliphatic rings. The summed E-state index contributed by atoms with van der Waals surface area (Å²) >= 11 is 0. The Labute approximate surface area is 301 Å². The number of rotatable bonds is 17. The van der Waals surface area contributed by atoms with Crippen LogP contribution in [0.2, 0.25) is 0 Å². The van der Waals surface area contributed by atoms with Crippen LogP contribution in [0.25, 0.3) is 11.0 Å². The molecular formula is C34H47F2N9O7. The maximum Gasteiger partial charge on any atom is 0.341 e. The molecule has 0 saturated carbocycles. The van der Waals surface area contributed by atoms with Gasteiger partial charge in [0, 0.05) is 87.8 Å². The smallest absolute Gasteiger partial charge is 0.341 e. The number of hydrogen-bond donors (Lipinski definition) is 1. The zero-order valence-electron chi connectivity index (χ0n) is 30.3. The summed E-state index contributed by atoms with van der Waals surface area (Å²) in [5.41, 5.74) is 0.00221. The van der Waals surface area contributed by atoms with E-state index in [-0.39, 0.29) is 49.8 Å². The number of methoxy groups -OCH3 is 4. The molecule has 2 saturated heterocycles. The molecule has 0 spiro atoms. The van der Waals surface area contributed by atoms with Crippen molar-refractivity contribution in [1.82, 2.24) is 24.8 Å². The first-order valence-corrected chi connectivity index (χ1v) is 17.1. The number of piperidine rings is 1. The minimum Gasteiger partial charge on any atom is -0.477 e. The van der Waals surface area contributed by atoms with Crippen LogP contribution in [0, 0.1) is 11.6 Å². The number of carbonyl (C=O) groups is 2. The van der Waals surface area contributed by atoms with Gasteiger partial charge < -0.3 is 48.6 Å². The molecule has 52 heavy (non-hydrogen) atoms. The zero-order chi connectivity index (χ0) is 37.4. The summed E-state index contributed by atoms with van der Waals surface area (Å²) in [6, 6.07) is 1.98. The molecule has 2 fully saturated rings. The van der Waals surface area contributed by atoms with Gasteiger partial charge in [-0.25, -0.2) is 23.5 Å². The highest BCUT2D eigenvalue weighted by atomic mass is 19.1. The van der Waals surface area contributed by atoms with Gasteiger partial charge in [0.1, 0.15) is 28.2 Å². The van der Waals surface area contributed by atoms with E-state index in [2.05, 4.69) is 4.90 Å². The van der Waals surface area contributed by atoms with Crippen LogP contribution in [-0.4, -0.2) is 156 Å². The molecule has 0 bridgehead atoms. The minimum absolute atomic E-state index is 0.0398. The Morgan fingerprint density at radius 1 is 0.808 bits per heavy atom. The Kier molecular flexibility index (Phi) is 13.3. The van der Waals surface area contributed by atoms with Crippen LogP contribution in [-0.2, 0) is 30.3 Å². The highest BCUT2D eigenvalue weighted by molar-refractivity contribution is 5.96. The molecular weight excluding hydrogens is 684 g/mol. The molecule has 0 radical (unpaired) electrons. The zero-order valence-corrected chi connectivity index (χ0v) is 30.3. The summed E-state index contributed by atoms with van der Waals surface area (Å²) in [5, 5.41) is 9.31. The van der Waals surface area contributed by atoms with Crippen molar-refractivity contribution in [3.63, 3.8) is 0 Å². The Hall–Kier alpha value is -4.52. The maximum absolute atomic E-state index is 14.8. The largest absolute Gasteiger partial charge is 0.477 e. The number of piperazine rings is 1. The molecule has 0 atom stereocenters. The number of carboxylic acids is 1. The van der Waals surface area contributed by atoms with E-state index >= 15 is 0 Å². The number of fused-ring (bicyclic) bond motifs is 1. The highest BCUT2D eigenvalue weighted by Gasteiger charge is 2.31. The van der Waals surface area contributed by atoms with Crippen molar-refractivity contribution in [2.75, 3.05) is 127 Å². The molecule has 0 aliphatic carbocycles. The van der Waals surface area contributed by atoms with Crippen LogP contribution in [0.15, 0.2) is 12.1 Å². The molecule has 5 rings (SSSR count). The van der Waals surface area contributed by atoms with Crippen LogP contribution in [0.4, 0.5) is 32.3 Å². The number of hydrogen-bond acceptors (Lipinski definition) is 14. The summed E-state index contributed by atoms with van der Waals surface area (Å²) in [6.45, 7) is 4.34. The number of anilines is 4. The van der Waals surface area contributed by atoms with Gasteiger partial charge in [0.2, 0.25) is 17.8 Å². The molecule has 16 nitrogen and oxygen atoms in total. The van der Waals surface area contributed by atoms with E-state index in [1.54, 1.807) is 38.2 Å². The lowest BCUT2D eigenvalue weighted by molar-refractivity contribution is -0.129. The fourth-order valence-corrected chi connectivity index (χ4v) is 6.24. The summed E-state index contributed by atoms with van der Waals surface area (Å²) in [5.74, 6) is -2.62. The first-order valence-electron chi connectivity index (χ1n) is 17.1. The number of nitrogens with zero attached hydrogens (tertiary/aromatic N) is 9. The van der Waals surface area contributed by atoms with Gasteiger partial charge in [-0.2, -0.15) is 9.97 Å². The van der Waals surface area contributed by atoms with Gasteiger partial charge in [-0.1, -0.05) is 0 Å². The van der Waals surface area contributed by atoms with Crippen molar-refractivity contribution in [2.24, 2.45) is 0 Å². The van der Waals surface area contributed by atoms with E-state index in [9.17, 15) is 23.5 Å². The number of aromatic nitrogens is 4. The third-order valence-corrected chi connectivity index (χ3v) is 9.27. The Morgan fingerprint density at radius 3 is 1.83 bits per heavy atom. The number of ether oxygens (including phenoxy) is 4. The highest BCUT2D eigenvalue weighted by Crippen LogP contribution is 2.35. The lowest BCUT2D eigenvalue weighted by atomic mass is 10.1. The second-order valence-electron chi connectivity index (χ2n) is 12.7.